The van der Waals surface area contributed by atoms with E-state index in [2.05, 4.69) is 25.6 Å². The van der Waals surface area contributed by atoms with Crippen molar-refractivity contribution in [3.8, 4) is 16.5 Å². The van der Waals surface area contributed by atoms with Gasteiger partial charge in [0.05, 0.1) is 6.61 Å². The standard InChI is InChI=1S/C25H30N6O4S/c1-25(2,3)35-24(33)31-13-9-17(10-14-31)15-34-21-6-4-5-19(27-21)29-23(32)30-20-16-36-22(28-20)18-7-11-26-12-8-18/h4-8,11-12,16-17H,9-10,13-15H2,1-3H3,(H2,27,29,30,32). The highest BCUT2D eigenvalue weighted by molar-refractivity contribution is 7.13. The van der Waals surface area contributed by atoms with Crippen LogP contribution in [0.25, 0.3) is 10.6 Å². The number of aromatic nitrogens is 3. The Hall–Kier alpha value is -3.73. The molecule has 0 spiro atoms. The predicted octanol–water partition coefficient (Wildman–Crippen LogP) is 5.27. The molecular formula is C25H30N6O4S. The summed E-state index contributed by atoms with van der Waals surface area (Å²) in [5.74, 6) is 1.56. The summed E-state index contributed by atoms with van der Waals surface area (Å²) in [6, 6.07) is 8.49. The molecule has 0 radical (unpaired) electrons. The topological polar surface area (TPSA) is 119 Å². The first kappa shape index (κ1) is 25.4. The summed E-state index contributed by atoms with van der Waals surface area (Å²) in [7, 11) is 0. The third-order valence-corrected chi connectivity index (χ3v) is 6.26. The summed E-state index contributed by atoms with van der Waals surface area (Å²) in [5.41, 5.74) is 0.438. The van der Waals surface area contributed by atoms with E-state index >= 15 is 0 Å². The van der Waals surface area contributed by atoms with Crippen molar-refractivity contribution in [3.63, 3.8) is 0 Å². The smallest absolute Gasteiger partial charge is 0.410 e. The quantitative estimate of drug-likeness (QED) is 0.464. The van der Waals surface area contributed by atoms with E-state index in [-0.39, 0.29) is 6.09 Å². The fraction of sp³-hybridized carbons (Fsp3) is 0.400. The van der Waals surface area contributed by atoms with Crippen LogP contribution < -0.4 is 15.4 Å². The summed E-state index contributed by atoms with van der Waals surface area (Å²) in [5, 5.41) is 8.00. The molecule has 1 fully saturated rings. The van der Waals surface area contributed by atoms with Crippen LogP contribution in [0.15, 0.2) is 48.1 Å². The van der Waals surface area contributed by atoms with Gasteiger partial charge in [-0.3, -0.25) is 15.6 Å². The zero-order valence-corrected chi connectivity index (χ0v) is 21.4. The van der Waals surface area contributed by atoms with E-state index < -0.39 is 11.6 Å². The van der Waals surface area contributed by atoms with Crippen LogP contribution in [-0.2, 0) is 4.74 Å². The number of hydrogen-bond acceptors (Lipinski definition) is 8. The molecule has 3 aromatic heterocycles. The number of piperidine rings is 1. The molecular weight excluding hydrogens is 480 g/mol. The molecule has 0 aliphatic carbocycles. The average Bonchev–Trinajstić information content (AvgIpc) is 3.31. The van der Waals surface area contributed by atoms with Gasteiger partial charge < -0.3 is 14.4 Å². The molecule has 3 aromatic rings. The van der Waals surface area contributed by atoms with E-state index in [4.69, 9.17) is 9.47 Å². The first-order valence-electron chi connectivity index (χ1n) is 11.8. The van der Waals surface area contributed by atoms with Crippen molar-refractivity contribution >= 4 is 35.1 Å². The number of thiazole rings is 1. The zero-order valence-electron chi connectivity index (χ0n) is 20.6. The van der Waals surface area contributed by atoms with Gasteiger partial charge in [-0.25, -0.2) is 14.6 Å². The van der Waals surface area contributed by atoms with E-state index in [1.807, 2.05) is 32.9 Å². The number of urea groups is 1. The van der Waals surface area contributed by atoms with Crippen molar-refractivity contribution in [2.24, 2.45) is 5.92 Å². The Morgan fingerprint density at radius 1 is 1.06 bits per heavy atom. The predicted molar refractivity (Wildman–Crippen MR) is 138 cm³/mol. The fourth-order valence-corrected chi connectivity index (χ4v) is 4.36. The Morgan fingerprint density at radius 2 is 1.78 bits per heavy atom. The van der Waals surface area contributed by atoms with Crippen LogP contribution in [-0.4, -0.2) is 57.3 Å². The second kappa shape index (κ2) is 11.3. The van der Waals surface area contributed by atoms with Gasteiger partial charge in [0.25, 0.3) is 0 Å². The lowest BCUT2D eigenvalue weighted by molar-refractivity contribution is 0.0164. The Bertz CT molecular complexity index is 1170. The summed E-state index contributed by atoms with van der Waals surface area (Å²) in [4.78, 5) is 39.2. The molecule has 0 atom stereocenters. The second-order valence-electron chi connectivity index (χ2n) is 9.44. The molecule has 3 amide bonds. The van der Waals surface area contributed by atoms with Crippen LogP contribution >= 0.6 is 11.3 Å². The third kappa shape index (κ3) is 7.38. The number of likely N-dealkylation sites (tertiary alicyclic amines) is 1. The monoisotopic (exact) mass is 510 g/mol. The van der Waals surface area contributed by atoms with E-state index in [0.717, 1.165) is 23.4 Å². The summed E-state index contributed by atoms with van der Waals surface area (Å²) < 4.78 is 11.3. The fourth-order valence-electron chi connectivity index (χ4n) is 3.60. The normalized spacial score (nSPS) is 14.2. The van der Waals surface area contributed by atoms with Gasteiger partial charge in [0, 0.05) is 42.5 Å². The van der Waals surface area contributed by atoms with E-state index in [9.17, 15) is 9.59 Å². The highest BCUT2D eigenvalue weighted by Crippen LogP contribution is 2.25. The van der Waals surface area contributed by atoms with Crippen molar-refractivity contribution in [3.05, 3.63) is 48.1 Å². The number of ether oxygens (including phenoxy) is 2. The van der Waals surface area contributed by atoms with Gasteiger partial charge in [0.15, 0.2) is 0 Å². The molecule has 4 rings (SSSR count). The minimum atomic E-state index is -0.498. The van der Waals surface area contributed by atoms with Crippen LogP contribution in [0.4, 0.5) is 21.2 Å². The first-order valence-corrected chi connectivity index (χ1v) is 12.6. The molecule has 2 N–H and O–H groups in total. The first-order chi connectivity index (χ1) is 17.2. The van der Waals surface area contributed by atoms with Crippen molar-refractivity contribution in [2.75, 3.05) is 30.3 Å². The number of rotatable bonds is 6. The maximum absolute atomic E-state index is 12.4. The number of nitrogens with one attached hydrogen (secondary N) is 2. The van der Waals surface area contributed by atoms with Crippen molar-refractivity contribution < 1.29 is 19.1 Å². The molecule has 1 aliphatic heterocycles. The van der Waals surface area contributed by atoms with Crippen LogP contribution in [0.5, 0.6) is 5.88 Å². The van der Waals surface area contributed by atoms with Gasteiger partial charge in [-0.05, 0) is 57.7 Å². The molecule has 1 aliphatic rings. The zero-order chi connectivity index (χ0) is 25.5. The molecule has 11 heteroatoms. The molecule has 36 heavy (non-hydrogen) atoms. The van der Waals surface area contributed by atoms with Crippen LogP contribution in [0, 0.1) is 5.92 Å². The number of hydrogen-bond donors (Lipinski definition) is 2. The van der Waals surface area contributed by atoms with Gasteiger partial charge in [0.1, 0.15) is 22.2 Å². The Labute approximate surface area is 214 Å². The number of carbonyl (C=O) groups is 2. The number of anilines is 2. The number of amides is 3. The maximum Gasteiger partial charge on any atom is 0.410 e. The van der Waals surface area contributed by atoms with E-state index in [1.165, 1.54) is 11.3 Å². The van der Waals surface area contributed by atoms with E-state index in [1.54, 1.807) is 40.9 Å². The molecule has 0 saturated carbocycles. The highest BCUT2D eigenvalue weighted by atomic mass is 32.1. The van der Waals surface area contributed by atoms with Gasteiger partial charge in [-0.15, -0.1) is 11.3 Å². The largest absolute Gasteiger partial charge is 0.477 e. The number of nitrogens with zero attached hydrogens (tertiary/aromatic N) is 4. The van der Waals surface area contributed by atoms with Gasteiger partial charge >= 0.3 is 12.1 Å². The van der Waals surface area contributed by atoms with Gasteiger partial charge in [-0.2, -0.15) is 4.98 Å². The van der Waals surface area contributed by atoms with Crippen molar-refractivity contribution in [1.82, 2.24) is 19.9 Å². The van der Waals surface area contributed by atoms with E-state index in [0.29, 0.717) is 43.1 Å². The van der Waals surface area contributed by atoms with Crippen LogP contribution in [0.1, 0.15) is 33.6 Å². The molecule has 190 valence electrons. The average molecular weight is 511 g/mol. The Kier molecular flexibility index (Phi) is 7.99. The lowest BCUT2D eigenvalue weighted by atomic mass is 9.98. The second-order valence-corrected chi connectivity index (χ2v) is 10.3. The summed E-state index contributed by atoms with van der Waals surface area (Å²) in [6.07, 6.45) is 4.78. The molecule has 0 bridgehead atoms. The summed E-state index contributed by atoms with van der Waals surface area (Å²) in [6.45, 7) is 7.36. The molecule has 0 aromatic carbocycles. The number of pyridine rings is 2. The van der Waals surface area contributed by atoms with Crippen molar-refractivity contribution in [2.45, 2.75) is 39.2 Å². The maximum atomic E-state index is 12.4. The highest BCUT2D eigenvalue weighted by Gasteiger charge is 2.27. The molecule has 4 heterocycles. The molecule has 1 saturated heterocycles. The van der Waals surface area contributed by atoms with Crippen LogP contribution in [0.3, 0.4) is 0 Å². The lowest BCUT2D eigenvalue weighted by Crippen LogP contribution is -2.42. The summed E-state index contributed by atoms with van der Waals surface area (Å²) >= 11 is 1.43. The Morgan fingerprint density at radius 3 is 2.50 bits per heavy atom. The SMILES string of the molecule is CC(C)(C)OC(=O)N1CCC(COc2cccc(NC(=O)Nc3csc(-c4ccncc4)n3)n2)CC1. The molecule has 0 unspecified atom stereocenters. The molecule has 10 nitrogen and oxygen atoms in total. The minimum absolute atomic E-state index is 0.271. The van der Waals surface area contributed by atoms with Gasteiger partial charge in [0.2, 0.25) is 5.88 Å². The third-order valence-electron chi connectivity index (χ3n) is 5.37. The van der Waals surface area contributed by atoms with Gasteiger partial charge in [-0.1, -0.05) is 6.07 Å². The Balaban J connectivity index is 1.23. The van der Waals surface area contributed by atoms with Crippen molar-refractivity contribution in [1.29, 1.82) is 0 Å². The number of carbonyl (C=O) groups excluding carboxylic acids is 2. The lowest BCUT2D eigenvalue weighted by Gasteiger charge is -2.33. The minimum Gasteiger partial charge on any atom is -0.477 e. The van der Waals surface area contributed by atoms with Crippen LogP contribution in [0.2, 0.25) is 0 Å².